The topological polar surface area (TPSA) is 90.7 Å². The van der Waals surface area contributed by atoms with Gasteiger partial charge in [0.1, 0.15) is 11.3 Å². The van der Waals surface area contributed by atoms with Gasteiger partial charge < -0.3 is 9.15 Å². The molecule has 0 N–H and O–H groups in total. The molecule has 6 nitrogen and oxygen atoms in total. The highest BCUT2D eigenvalue weighted by atomic mass is 16.5. The highest BCUT2D eigenvalue weighted by Crippen LogP contribution is 2.32. The number of hydrogen-bond acceptors (Lipinski definition) is 6. The molecule has 2 aromatic carbocycles. The lowest BCUT2D eigenvalue weighted by Crippen LogP contribution is -1.93. The predicted octanol–water partition coefficient (Wildman–Crippen LogP) is 3.76. The largest absolute Gasteiger partial charge is 0.493 e. The maximum absolute atomic E-state index is 8.12. The number of furan rings is 1. The third kappa shape index (κ3) is 5.87. The summed E-state index contributed by atoms with van der Waals surface area (Å²) < 4.78 is 10.7. The van der Waals surface area contributed by atoms with Crippen LogP contribution in [0, 0.1) is 6.92 Å². The number of rotatable bonds is 0. The second-order valence-electron chi connectivity index (χ2n) is 5.33. The molecule has 0 radical (unpaired) electrons. The van der Waals surface area contributed by atoms with Crippen molar-refractivity contribution >= 4 is 23.3 Å². The number of hydrogen-bond donors (Lipinski definition) is 0. The Balaban J connectivity index is 0.000000201. The molecule has 0 spiro atoms. The zero-order valence-electron chi connectivity index (χ0n) is 14.4. The number of ether oxygens (including phenoxy) is 1. The van der Waals surface area contributed by atoms with Crippen molar-refractivity contribution in [2.75, 3.05) is 6.61 Å². The summed E-state index contributed by atoms with van der Waals surface area (Å²) in [5.74, 6) is 1.64. The molecule has 6 heteroatoms. The number of aryl methyl sites for hydroxylation is 1. The van der Waals surface area contributed by atoms with E-state index >= 15 is 0 Å². The van der Waals surface area contributed by atoms with Crippen molar-refractivity contribution in [2.24, 2.45) is 0 Å². The highest BCUT2D eigenvalue weighted by Gasteiger charge is 2.18. The number of benzene rings is 2. The van der Waals surface area contributed by atoms with Crippen molar-refractivity contribution in [1.29, 1.82) is 0 Å². The van der Waals surface area contributed by atoms with E-state index in [2.05, 4.69) is 25.1 Å². The van der Waals surface area contributed by atoms with E-state index in [-0.39, 0.29) is 12.3 Å². The molecule has 0 saturated heterocycles. The fourth-order valence-corrected chi connectivity index (χ4v) is 2.43. The van der Waals surface area contributed by atoms with Crippen LogP contribution < -0.4 is 4.74 Å². The van der Waals surface area contributed by atoms with Crippen molar-refractivity contribution < 1.29 is 28.3 Å². The first-order valence-corrected chi connectivity index (χ1v) is 7.72. The first-order chi connectivity index (χ1) is 12.6. The Morgan fingerprint density at radius 3 is 2.12 bits per heavy atom. The Morgan fingerprint density at radius 2 is 1.50 bits per heavy atom. The van der Waals surface area contributed by atoms with Crippen molar-refractivity contribution in [3.8, 4) is 5.75 Å². The molecule has 0 aliphatic carbocycles. The zero-order valence-corrected chi connectivity index (χ0v) is 14.4. The van der Waals surface area contributed by atoms with Crippen LogP contribution in [0.2, 0.25) is 0 Å². The quantitative estimate of drug-likeness (QED) is 0.610. The Labute approximate surface area is 150 Å². The third-order valence-corrected chi connectivity index (χ3v) is 3.61. The summed E-state index contributed by atoms with van der Waals surface area (Å²) >= 11 is 0. The van der Waals surface area contributed by atoms with E-state index in [0.29, 0.717) is 5.92 Å². The highest BCUT2D eigenvalue weighted by molar-refractivity contribution is 5.80. The third-order valence-electron chi connectivity index (χ3n) is 3.61. The summed E-state index contributed by atoms with van der Waals surface area (Å²) in [5.41, 5.74) is 3.53. The molecule has 0 bridgehead atoms. The van der Waals surface area contributed by atoms with E-state index < -0.39 is 0 Å². The van der Waals surface area contributed by atoms with Crippen LogP contribution in [0.1, 0.15) is 24.0 Å². The molecule has 26 heavy (non-hydrogen) atoms. The maximum Gasteiger partial charge on any atom is 0.373 e. The Hall–Kier alpha value is -3.46. The van der Waals surface area contributed by atoms with Gasteiger partial charge >= 0.3 is 12.3 Å². The minimum absolute atomic E-state index is 0.250. The molecule has 1 unspecified atom stereocenters. The molecule has 0 amide bonds. The molecule has 4 rings (SSSR count). The molecule has 1 atom stereocenters. The van der Waals surface area contributed by atoms with Gasteiger partial charge in [0.05, 0.1) is 12.9 Å². The van der Waals surface area contributed by atoms with Crippen LogP contribution in [0.3, 0.4) is 0 Å². The SMILES string of the molecule is CC1COc2ccccc21.Cc1coc2ccccc12.O=C=O.O=C=O. The molecule has 0 fully saturated rings. The van der Waals surface area contributed by atoms with Crippen molar-refractivity contribution in [3.05, 3.63) is 65.9 Å². The van der Waals surface area contributed by atoms with Crippen LogP contribution in [-0.2, 0) is 19.2 Å². The van der Waals surface area contributed by atoms with Gasteiger partial charge in [-0.2, -0.15) is 19.2 Å². The van der Waals surface area contributed by atoms with Gasteiger partial charge in [-0.25, -0.2) is 0 Å². The number of para-hydroxylation sites is 2. The molecule has 3 aromatic rings. The van der Waals surface area contributed by atoms with Gasteiger partial charge in [-0.15, -0.1) is 0 Å². The molecule has 134 valence electrons. The lowest BCUT2D eigenvalue weighted by atomic mass is 10.0. The molecule has 2 heterocycles. The van der Waals surface area contributed by atoms with Gasteiger partial charge in [0, 0.05) is 16.9 Å². The second kappa shape index (κ2) is 11.2. The van der Waals surface area contributed by atoms with Crippen LogP contribution in [0.15, 0.2) is 59.2 Å². The smallest absolute Gasteiger partial charge is 0.373 e. The summed E-state index contributed by atoms with van der Waals surface area (Å²) in [6.45, 7) is 5.08. The Morgan fingerprint density at radius 1 is 0.923 bits per heavy atom. The van der Waals surface area contributed by atoms with Crippen molar-refractivity contribution in [2.45, 2.75) is 19.8 Å². The molecule has 1 aliphatic rings. The molecule has 0 saturated carbocycles. The van der Waals surface area contributed by atoms with Crippen LogP contribution in [0.5, 0.6) is 5.75 Å². The van der Waals surface area contributed by atoms with E-state index in [1.54, 1.807) is 6.26 Å². The lowest BCUT2D eigenvalue weighted by Gasteiger charge is -1.96. The summed E-state index contributed by atoms with van der Waals surface area (Å²) in [5, 5.41) is 1.21. The minimum atomic E-state index is 0.250. The zero-order chi connectivity index (χ0) is 19.4. The molecular formula is C20H18O6. The van der Waals surface area contributed by atoms with Crippen LogP contribution in [0.4, 0.5) is 0 Å². The summed E-state index contributed by atoms with van der Waals surface area (Å²) in [6, 6.07) is 16.3. The minimum Gasteiger partial charge on any atom is -0.493 e. The van der Waals surface area contributed by atoms with Gasteiger partial charge in [0.15, 0.2) is 0 Å². The van der Waals surface area contributed by atoms with Crippen molar-refractivity contribution in [3.63, 3.8) is 0 Å². The average molecular weight is 354 g/mol. The van der Waals surface area contributed by atoms with Crippen LogP contribution >= 0.6 is 0 Å². The van der Waals surface area contributed by atoms with Gasteiger partial charge in [0.2, 0.25) is 0 Å². The molecular weight excluding hydrogens is 336 g/mol. The van der Waals surface area contributed by atoms with E-state index in [4.69, 9.17) is 28.3 Å². The maximum atomic E-state index is 8.12. The van der Waals surface area contributed by atoms with Crippen LogP contribution in [-0.4, -0.2) is 18.9 Å². The first kappa shape index (κ1) is 20.6. The summed E-state index contributed by atoms with van der Waals surface area (Å²) in [7, 11) is 0. The van der Waals surface area contributed by atoms with Gasteiger partial charge in [-0.05, 0) is 24.6 Å². The summed E-state index contributed by atoms with van der Waals surface area (Å²) in [6.07, 6.45) is 2.28. The molecule has 1 aromatic heterocycles. The van der Waals surface area contributed by atoms with E-state index in [1.807, 2.05) is 37.3 Å². The van der Waals surface area contributed by atoms with Crippen LogP contribution in [0.25, 0.3) is 11.0 Å². The number of fused-ring (bicyclic) bond motifs is 2. The standard InChI is InChI=1S/C9H10O.C9H8O.2CO2/c2*1-7-6-10-9-5-3-2-4-8(7)9;2*2-1-3/h2-5,7H,6H2,1H3;2-6H,1H3;;. The van der Waals surface area contributed by atoms with Gasteiger partial charge in [-0.1, -0.05) is 43.3 Å². The fraction of sp³-hybridized carbons (Fsp3) is 0.200. The normalized spacial score (nSPS) is 13.1. The van der Waals surface area contributed by atoms with Gasteiger partial charge in [0.25, 0.3) is 0 Å². The fourth-order valence-electron chi connectivity index (χ4n) is 2.43. The lowest BCUT2D eigenvalue weighted by molar-refractivity contribution is -0.193. The van der Waals surface area contributed by atoms with E-state index in [1.165, 1.54) is 16.5 Å². The molecule has 1 aliphatic heterocycles. The van der Waals surface area contributed by atoms with E-state index in [9.17, 15) is 0 Å². The average Bonchev–Trinajstić information content (AvgIpc) is 3.21. The Bertz CT molecular complexity index is 872. The predicted molar refractivity (Wildman–Crippen MR) is 91.3 cm³/mol. The van der Waals surface area contributed by atoms with Crippen molar-refractivity contribution in [1.82, 2.24) is 0 Å². The first-order valence-electron chi connectivity index (χ1n) is 7.72. The number of carbonyl (C=O) groups excluding carboxylic acids is 4. The van der Waals surface area contributed by atoms with Gasteiger partial charge in [-0.3, -0.25) is 0 Å². The monoisotopic (exact) mass is 354 g/mol. The summed E-state index contributed by atoms with van der Waals surface area (Å²) in [4.78, 5) is 32.5. The Kier molecular flexibility index (Phi) is 8.83. The second-order valence-corrected chi connectivity index (χ2v) is 5.33. The van der Waals surface area contributed by atoms with E-state index in [0.717, 1.165) is 17.9 Å².